The summed E-state index contributed by atoms with van der Waals surface area (Å²) in [6.45, 7) is 2.71. The SMILES string of the molecule is CCCCOc1ccc(C(=O)Nc2ccc(CC(=O)NC)cc2)cc1OC. The molecule has 0 radical (unpaired) electrons. The van der Waals surface area contributed by atoms with E-state index >= 15 is 0 Å². The van der Waals surface area contributed by atoms with E-state index in [1.807, 2.05) is 12.1 Å². The van der Waals surface area contributed by atoms with Gasteiger partial charge in [0.1, 0.15) is 0 Å². The molecule has 0 heterocycles. The third-order valence-electron chi connectivity index (χ3n) is 4.04. The summed E-state index contributed by atoms with van der Waals surface area (Å²) in [4.78, 5) is 23.9. The monoisotopic (exact) mass is 370 g/mol. The molecule has 27 heavy (non-hydrogen) atoms. The van der Waals surface area contributed by atoms with Crippen molar-refractivity contribution in [3.05, 3.63) is 53.6 Å². The van der Waals surface area contributed by atoms with E-state index in [2.05, 4.69) is 17.6 Å². The van der Waals surface area contributed by atoms with Crippen LogP contribution in [0.1, 0.15) is 35.7 Å². The number of hydrogen-bond acceptors (Lipinski definition) is 4. The van der Waals surface area contributed by atoms with Gasteiger partial charge in [-0.15, -0.1) is 0 Å². The minimum absolute atomic E-state index is 0.0554. The number of anilines is 1. The van der Waals surface area contributed by atoms with E-state index in [4.69, 9.17) is 9.47 Å². The van der Waals surface area contributed by atoms with Gasteiger partial charge in [-0.2, -0.15) is 0 Å². The second-order valence-electron chi connectivity index (χ2n) is 6.07. The van der Waals surface area contributed by atoms with Gasteiger partial charge in [0.05, 0.1) is 20.1 Å². The number of hydrogen-bond donors (Lipinski definition) is 2. The van der Waals surface area contributed by atoms with Gasteiger partial charge in [-0.1, -0.05) is 25.5 Å². The molecule has 0 fully saturated rings. The van der Waals surface area contributed by atoms with Crippen molar-refractivity contribution in [2.45, 2.75) is 26.2 Å². The topological polar surface area (TPSA) is 76.7 Å². The number of unbranched alkanes of at least 4 members (excludes halogenated alkanes) is 1. The van der Waals surface area contributed by atoms with E-state index in [0.717, 1.165) is 18.4 Å². The van der Waals surface area contributed by atoms with Crippen LogP contribution in [0.4, 0.5) is 5.69 Å². The summed E-state index contributed by atoms with van der Waals surface area (Å²) >= 11 is 0. The molecule has 0 aliphatic heterocycles. The molecule has 2 amide bonds. The molecule has 6 heteroatoms. The summed E-state index contributed by atoms with van der Waals surface area (Å²) < 4.78 is 11.0. The van der Waals surface area contributed by atoms with E-state index < -0.39 is 0 Å². The summed E-state index contributed by atoms with van der Waals surface area (Å²) in [5.41, 5.74) is 2.01. The number of ether oxygens (including phenoxy) is 2. The third-order valence-corrected chi connectivity index (χ3v) is 4.04. The Balaban J connectivity index is 2.03. The van der Waals surface area contributed by atoms with Crippen molar-refractivity contribution in [1.82, 2.24) is 5.32 Å². The Bertz CT molecular complexity index is 772. The van der Waals surface area contributed by atoms with Gasteiger partial charge in [-0.3, -0.25) is 9.59 Å². The molecule has 0 unspecified atom stereocenters. The average molecular weight is 370 g/mol. The minimum atomic E-state index is -0.243. The van der Waals surface area contributed by atoms with Crippen molar-refractivity contribution in [1.29, 1.82) is 0 Å². The van der Waals surface area contributed by atoms with E-state index in [9.17, 15) is 9.59 Å². The van der Waals surface area contributed by atoms with Crippen LogP contribution in [0.15, 0.2) is 42.5 Å². The van der Waals surface area contributed by atoms with E-state index in [1.54, 1.807) is 44.5 Å². The highest BCUT2D eigenvalue weighted by atomic mass is 16.5. The van der Waals surface area contributed by atoms with Gasteiger partial charge in [0.25, 0.3) is 5.91 Å². The molecule has 0 aliphatic rings. The molecule has 2 rings (SSSR count). The molecular formula is C21H26N2O4. The van der Waals surface area contributed by atoms with Gasteiger partial charge in [-0.25, -0.2) is 0 Å². The first-order valence-electron chi connectivity index (χ1n) is 8.99. The van der Waals surface area contributed by atoms with Gasteiger partial charge < -0.3 is 20.1 Å². The summed E-state index contributed by atoms with van der Waals surface area (Å²) in [5, 5.41) is 5.42. The predicted octanol–water partition coefficient (Wildman–Crippen LogP) is 3.41. The van der Waals surface area contributed by atoms with E-state index in [-0.39, 0.29) is 11.8 Å². The molecule has 0 saturated heterocycles. The van der Waals surface area contributed by atoms with Crippen molar-refractivity contribution in [2.24, 2.45) is 0 Å². The summed E-state index contributed by atoms with van der Waals surface area (Å²) in [6.07, 6.45) is 2.31. The van der Waals surface area contributed by atoms with Gasteiger partial charge >= 0.3 is 0 Å². The molecule has 2 aromatic rings. The first-order valence-corrected chi connectivity index (χ1v) is 8.99. The number of rotatable bonds is 9. The van der Waals surface area contributed by atoms with Crippen molar-refractivity contribution in [3.8, 4) is 11.5 Å². The van der Waals surface area contributed by atoms with Crippen LogP contribution in [0.2, 0.25) is 0 Å². The second-order valence-corrected chi connectivity index (χ2v) is 6.07. The predicted molar refractivity (Wildman–Crippen MR) is 106 cm³/mol. The molecule has 0 bridgehead atoms. The van der Waals surface area contributed by atoms with Crippen LogP contribution in [0.3, 0.4) is 0 Å². The standard InChI is InChI=1S/C21H26N2O4/c1-4-5-12-27-18-11-8-16(14-19(18)26-3)21(25)23-17-9-6-15(7-10-17)13-20(24)22-2/h6-11,14H,4-5,12-13H2,1-3H3,(H,22,24)(H,23,25). The molecule has 0 atom stereocenters. The van der Waals surface area contributed by atoms with Crippen LogP contribution in [0.25, 0.3) is 0 Å². The zero-order valence-corrected chi connectivity index (χ0v) is 16.0. The lowest BCUT2D eigenvalue weighted by molar-refractivity contribution is -0.119. The van der Waals surface area contributed by atoms with Gasteiger partial charge in [0.15, 0.2) is 11.5 Å². The highest BCUT2D eigenvalue weighted by molar-refractivity contribution is 6.04. The first kappa shape index (κ1) is 20.3. The van der Waals surface area contributed by atoms with Crippen LogP contribution < -0.4 is 20.1 Å². The fourth-order valence-corrected chi connectivity index (χ4v) is 2.44. The number of nitrogens with one attached hydrogen (secondary N) is 2. The summed E-state index contributed by atoms with van der Waals surface area (Å²) in [5.74, 6) is 0.855. The Morgan fingerprint density at radius 3 is 2.41 bits per heavy atom. The number of likely N-dealkylation sites (N-methyl/N-ethyl adjacent to an activating group) is 1. The normalized spacial score (nSPS) is 10.2. The zero-order valence-electron chi connectivity index (χ0n) is 16.0. The number of carbonyl (C=O) groups is 2. The smallest absolute Gasteiger partial charge is 0.255 e. The Morgan fingerprint density at radius 2 is 1.78 bits per heavy atom. The van der Waals surface area contributed by atoms with Crippen LogP contribution in [0, 0.1) is 0 Å². The van der Waals surface area contributed by atoms with Crippen molar-refractivity contribution >= 4 is 17.5 Å². The highest BCUT2D eigenvalue weighted by Crippen LogP contribution is 2.28. The second kappa shape index (κ2) is 10.2. The fraction of sp³-hybridized carbons (Fsp3) is 0.333. The average Bonchev–Trinajstić information content (AvgIpc) is 2.69. The number of carbonyl (C=O) groups excluding carboxylic acids is 2. The number of benzene rings is 2. The molecule has 0 aliphatic carbocycles. The quantitative estimate of drug-likeness (QED) is 0.663. The minimum Gasteiger partial charge on any atom is -0.493 e. The van der Waals surface area contributed by atoms with Crippen LogP contribution >= 0.6 is 0 Å². The lowest BCUT2D eigenvalue weighted by atomic mass is 10.1. The van der Waals surface area contributed by atoms with Crippen LogP contribution in [-0.4, -0.2) is 32.6 Å². The van der Waals surface area contributed by atoms with Crippen molar-refractivity contribution in [2.75, 3.05) is 26.1 Å². The summed E-state index contributed by atoms with van der Waals surface area (Å²) in [6, 6.07) is 12.3. The fourth-order valence-electron chi connectivity index (χ4n) is 2.44. The Kier molecular flexibility index (Phi) is 7.67. The molecule has 144 valence electrons. The molecule has 0 saturated carbocycles. The first-order chi connectivity index (χ1) is 13.1. The lowest BCUT2D eigenvalue weighted by Crippen LogP contribution is -2.19. The lowest BCUT2D eigenvalue weighted by Gasteiger charge is -2.12. The highest BCUT2D eigenvalue weighted by Gasteiger charge is 2.12. The maximum atomic E-state index is 12.5. The number of methoxy groups -OCH3 is 1. The van der Waals surface area contributed by atoms with Gasteiger partial charge in [-0.05, 0) is 42.3 Å². The maximum Gasteiger partial charge on any atom is 0.255 e. The largest absolute Gasteiger partial charge is 0.493 e. The van der Waals surface area contributed by atoms with Crippen molar-refractivity contribution < 1.29 is 19.1 Å². The molecule has 2 aromatic carbocycles. The maximum absolute atomic E-state index is 12.5. The van der Waals surface area contributed by atoms with Crippen LogP contribution in [0.5, 0.6) is 11.5 Å². The molecule has 0 aromatic heterocycles. The van der Waals surface area contributed by atoms with Gasteiger partial charge in [0, 0.05) is 18.3 Å². The molecule has 6 nitrogen and oxygen atoms in total. The molecule has 0 spiro atoms. The Labute approximate surface area is 159 Å². The zero-order chi connectivity index (χ0) is 19.6. The Morgan fingerprint density at radius 1 is 1.04 bits per heavy atom. The Hall–Kier alpha value is -3.02. The van der Waals surface area contributed by atoms with E-state index in [1.165, 1.54) is 0 Å². The van der Waals surface area contributed by atoms with Crippen molar-refractivity contribution in [3.63, 3.8) is 0 Å². The third kappa shape index (κ3) is 6.02. The molecule has 2 N–H and O–H groups in total. The van der Waals surface area contributed by atoms with E-state index in [0.29, 0.717) is 35.8 Å². The summed E-state index contributed by atoms with van der Waals surface area (Å²) in [7, 11) is 3.15. The molecular weight excluding hydrogens is 344 g/mol. The van der Waals surface area contributed by atoms with Gasteiger partial charge in [0.2, 0.25) is 5.91 Å². The number of amides is 2. The van der Waals surface area contributed by atoms with Crippen LogP contribution in [-0.2, 0) is 11.2 Å².